The van der Waals surface area contributed by atoms with Crippen LogP contribution in [0.4, 0.5) is 16.2 Å². The van der Waals surface area contributed by atoms with E-state index >= 15 is 0 Å². The van der Waals surface area contributed by atoms with E-state index in [4.69, 9.17) is 0 Å². The largest absolute Gasteiger partial charge is 0.335 e. The van der Waals surface area contributed by atoms with Crippen molar-refractivity contribution in [2.45, 2.75) is 18.9 Å². The lowest BCUT2D eigenvalue weighted by Gasteiger charge is -2.32. The van der Waals surface area contributed by atoms with Crippen LogP contribution in [0.15, 0.2) is 60.7 Å². The first-order valence-electron chi connectivity index (χ1n) is 8.13. The van der Waals surface area contributed by atoms with Gasteiger partial charge >= 0.3 is 6.03 Å². The number of rotatable bonds is 3. The van der Waals surface area contributed by atoms with Crippen molar-refractivity contribution in [2.75, 3.05) is 25.0 Å². The van der Waals surface area contributed by atoms with Gasteiger partial charge in [0.15, 0.2) is 0 Å². The minimum atomic E-state index is -0.0584. The monoisotopic (exact) mass is 309 g/mol. The third kappa shape index (κ3) is 3.90. The average Bonchev–Trinajstić information content (AvgIpc) is 2.59. The molecular weight excluding hydrogens is 286 g/mol. The Morgan fingerprint density at radius 2 is 1.43 bits per heavy atom. The van der Waals surface area contributed by atoms with Crippen LogP contribution in [-0.2, 0) is 0 Å². The maximum Gasteiger partial charge on any atom is 0.326 e. The molecule has 2 aromatic carbocycles. The van der Waals surface area contributed by atoms with Crippen LogP contribution < -0.4 is 10.2 Å². The molecule has 1 N–H and O–H groups in total. The van der Waals surface area contributed by atoms with Crippen LogP contribution in [0.5, 0.6) is 0 Å². The minimum absolute atomic E-state index is 0.0584. The highest BCUT2D eigenvalue weighted by Crippen LogP contribution is 2.25. The van der Waals surface area contributed by atoms with Crippen LogP contribution in [0.25, 0.3) is 0 Å². The normalized spacial score (nSPS) is 16.0. The first-order chi connectivity index (χ1) is 11.2. The molecule has 2 aromatic rings. The first kappa shape index (κ1) is 15.6. The minimum Gasteiger partial charge on any atom is -0.335 e. The molecule has 1 aliphatic rings. The van der Waals surface area contributed by atoms with Crippen molar-refractivity contribution >= 4 is 17.4 Å². The number of hydrogen-bond donors (Lipinski definition) is 1. The second kappa shape index (κ2) is 7.29. The Balaban J connectivity index is 1.79. The number of piperidine rings is 1. The Bertz CT molecular complexity index is 582. The molecule has 120 valence electrons. The van der Waals surface area contributed by atoms with E-state index in [-0.39, 0.29) is 12.1 Å². The van der Waals surface area contributed by atoms with E-state index in [9.17, 15) is 4.79 Å². The fourth-order valence-corrected chi connectivity index (χ4v) is 2.93. The molecular formula is C19H23N3O. The number of likely N-dealkylation sites (tertiary alicyclic amines) is 1. The molecule has 1 fully saturated rings. The van der Waals surface area contributed by atoms with E-state index in [1.54, 1.807) is 4.90 Å². The zero-order valence-electron chi connectivity index (χ0n) is 13.5. The average molecular weight is 309 g/mol. The number of hydrogen-bond acceptors (Lipinski definition) is 2. The van der Waals surface area contributed by atoms with E-state index in [0.717, 1.165) is 37.3 Å². The highest BCUT2D eigenvalue weighted by Gasteiger charge is 2.23. The van der Waals surface area contributed by atoms with Gasteiger partial charge in [0.1, 0.15) is 0 Å². The summed E-state index contributed by atoms with van der Waals surface area (Å²) in [6, 6.07) is 19.8. The second-order valence-corrected chi connectivity index (χ2v) is 6.03. The van der Waals surface area contributed by atoms with Crippen molar-refractivity contribution in [3.8, 4) is 0 Å². The number of amides is 2. The van der Waals surface area contributed by atoms with E-state index in [1.807, 2.05) is 60.7 Å². The second-order valence-electron chi connectivity index (χ2n) is 6.03. The molecule has 0 radical (unpaired) electrons. The molecule has 0 saturated carbocycles. The third-order valence-electron chi connectivity index (χ3n) is 4.28. The fourth-order valence-electron chi connectivity index (χ4n) is 2.93. The topological polar surface area (TPSA) is 35.6 Å². The number of carbonyl (C=O) groups is 1. The van der Waals surface area contributed by atoms with E-state index < -0.39 is 0 Å². The van der Waals surface area contributed by atoms with E-state index in [2.05, 4.69) is 17.3 Å². The molecule has 0 spiro atoms. The Hall–Kier alpha value is -2.33. The molecule has 1 heterocycles. The summed E-state index contributed by atoms with van der Waals surface area (Å²) in [7, 11) is 2.12. The number of nitrogens with one attached hydrogen (secondary N) is 1. The molecule has 1 aliphatic heterocycles. The zero-order chi connectivity index (χ0) is 16.1. The number of benzene rings is 2. The van der Waals surface area contributed by atoms with Crippen LogP contribution in [0.1, 0.15) is 12.8 Å². The van der Waals surface area contributed by atoms with Crippen molar-refractivity contribution in [1.29, 1.82) is 0 Å². The Morgan fingerprint density at radius 3 is 1.91 bits per heavy atom. The maximum atomic E-state index is 12.9. The smallest absolute Gasteiger partial charge is 0.326 e. The summed E-state index contributed by atoms with van der Waals surface area (Å²) in [4.78, 5) is 16.9. The number of anilines is 2. The molecule has 3 rings (SSSR count). The molecule has 4 heteroatoms. The van der Waals surface area contributed by atoms with Gasteiger partial charge < -0.3 is 10.2 Å². The summed E-state index contributed by atoms with van der Waals surface area (Å²) in [5.41, 5.74) is 1.76. The predicted octanol–water partition coefficient (Wildman–Crippen LogP) is 3.63. The Morgan fingerprint density at radius 1 is 0.957 bits per heavy atom. The van der Waals surface area contributed by atoms with E-state index in [0.29, 0.717) is 0 Å². The molecule has 0 bridgehead atoms. The van der Waals surface area contributed by atoms with Gasteiger partial charge in [0.2, 0.25) is 0 Å². The highest BCUT2D eigenvalue weighted by molar-refractivity contribution is 5.99. The van der Waals surface area contributed by atoms with Crippen LogP contribution in [0.3, 0.4) is 0 Å². The van der Waals surface area contributed by atoms with Crippen molar-refractivity contribution in [3.05, 3.63) is 60.7 Å². The van der Waals surface area contributed by atoms with Crippen LogP contribution in [0, 0.1) is 0 Å². The highest BCUT2D eigenvalue weighted by atomic mass is 16.2. The van der Waals surface area contributed by atoms with Gasteiger partial charge in [0.25, 0.3) is 0 Å². The molecule has 1 saturated heterocycles. The predicted molar refractivity (Wildman–Crippen MR) is 94.1 cm³/mol. The standard InChI is InChI=1S/C19H23N3O/c1-21-14-12-16(13-15-21)20-19(23)22(17-8-4-2-5-9-17)18-10-6-3-7-11-18/h2-11,16H,12-15H2,1H3,(H,20,23). The molecule has 0 unspecified atom stereocenters. The lowest BCUT2D eigenvalue weighted by atomic mass is 10.1. The van der Waals surface area contributed by atoms with Gasteiger partial charge in [0, 0.05) is 6.04 Å². The maximum absolute atomic E-state index is 12.9. The zero-order valence-corrected chi connectivity index (χ0v) is 13.5. The van der Waals surface area contributed by atoms with Gasteiger partial charge in [-0.15, -0.1) is 0 Å². The number of urea groups is 1. The summed E-state index contributed by atoms with van der Waals surface area (Å²) in [5.74, 6) is 0. The SMILES string of the molecule is CN1CCC(NC(=O)N(c2ccccc2)c2ccccc2)CC1. The Kier molecular flexibility index (Phi) is 4.93. The molecule has 0 aromatic heterocycles. The molecule has 0 aliphatic carbocycles. The summed E-state index contributed by atoms with van der Waals surface area (Å²) >= 11 is 0. The van der Waals surface area contributed by atoms with E-state index in [1.165, 1.54) is 0 Å². The lowest BCUT2D eigenvalue weighted by molar-refractivity contribution is 0.219. The van der Waals surface area contributed by atoms with Crippen molar-refractivity contribution in [1.82, 2.24) is 10.2 Å². The fraction of sp³-hybridized carbons (Fsp3) is 0.316. The van der Waals surface area contributed by atoms with Gasteiger partial charge in [-0.1, -0.05) is 36.4 Å². The van der Waals surface area contributed by atoms with Crippen LogP contribution in [-0.4, -0.2) is 37.1 Å². The summed E-state index contributed by atoms with van der Waals surface area (Å²) in [5, 5.41) is 3.20. The number of para-hydroxylation sites is 2. The Labute approximate surface area is 137 Å². The first-order valence-corrected chi connectivity index (χ1v) is 8.13. The van der Waals surface area contributed by atoms with Gasteiger partial charge in [-0.3, -0.25) is 4.90 Å². The number of carbonyl (C=O) groups excluding carboxylic acids is 1. The number of nitrogens with zero attached hydrogens (tertiary/aromatic N) is 2. The lowest BCUT2D eigenvalue weighted by Crippen LogP contribution is -2.47. The summed E-state index contributed by atoms with van der Waals surface area (Å²) in [6.45, 7) is 2.06. The van der Waals surface area contributed by atoms with Crippen LogP contribution >= 0.6 is 0 Å². The molecule has 23 heavy (non-hydrogen) atoms. The summed E-state index contributed by atoms with van der Waals surface area (Å²) < 4.78 is 0. The van der Waals surface area contributed by atoms with Gasteiger partial charge in [-0.25, -0.2) is 4.79 Å². The van der Waals surface area contributed by atoms with Gasteiger partial charge in [-0.05, 0) is 57.2 Å². The molecule has 4 nitrogen and oxygen atoms in total. The van der Waals surface area contributed by atoms with Gasteiger partial charge in [0.05, 0.1) is 11.4 Å². The van der Waals surface area contributed by atoms with Crippen LogP contribution in [0.2, 0.25) is 0 Å². The van der Waals surface area contributed by atoms with Gasteiger partial charge in [-0.2, -0.15) is 0 Å². The van der Waals surface area contributed by atoms with Crippen molar-refractivity contribution in [2.24, 2.45) is 0 Å². The van der Waals surface area contributed by atoms with Crippen molar-refractivity contribution < 1.29 is 4.79 Å². The molecule has 2 amide bonds. The quantitative estimate of drug-likeness (QED) is 0.940. The third-order valence-corrected chi connectivity index (χ3v) is 4.28. The summed E-state index contributed by atoms with van der Waals surface area (Å²) in [6.07, 6.45) is 2.00. The van der Waals surface area contributed by atoms with Crippen molar-refractivity contribution in [3.63, 3.8) is 0 Å². The molecule has 0 atom stereocenters.